The van der Waals surface area contributed by atoms with Gasteiger partial charge in [0.1, 0.15) is 18.7 Å². The molecule has 1 aliphatic heterocycles. The Hall–Kier alpha value is -2.94. The first kappa shape index (κ1) is 25.3. The van der Waals surface area contributed by atoms with Gasteiger partial charge < -0.3 is 26.4 Å². The molecule has 0 radical (unpaired) electrons. The van der Waals surface area contributed by atoms with E-state index in [1.54, 1.807) is 0 Å². The average Bonchev–Trinajstić information content (AvgIpc) is 3.24. The van der Waals surface area contributed by atoms with Gasteiger partial charge in [0.05, 0.1) is 6.04 Å². The van der Waals surface area contributed by atoms with Crippen LogP contribution in [0.15, 0.2) is 30.3 Å². The first-order chi connectivity index (χ1) is 15.2. The van der Waals surface area contributed by atoms with Gasteiger partial charge in [0.2, 0.25) is 17.7 Å². The van der Waals surface area contributed by atoms with Gasteiger partial charge >= 0.3 is 5.97 Å². The van der Waals surface area contributed by atoms with Crippen molar-refractivity contribution in [3.63, 3.8) is 0 Å². The van der Waals surface area contributed by atoms with Gasteiger partial charge in [-0.1, -0.05) is 44.2 Å². The van der Waals surface area contributed by atoms with Crippen molar-refractivity contribution in [1.82, 2.24) is 10.2 Å². The predicted octanol–water partition coefficient (Wildman–Crippen LogP) is 0.845. The van der Waals surface area contributed by atoms with E-state index in [0.717, 1.165) is 5.56 Å². The summed E-state index contributed by atoms with van der Waals surface area (Å²) in [5.74, 6) is -1.72. The molecule has 0 aromatic heterocycles. The number of benzene rings is 1. The van der Waals surface area contributed by atoms with E-state index in [1.807, 2.05) is 44.2 Å². The molecule has 176 valence electrons. The van der Waals surface area contributed by atoms with Gasteiger partial charge in [0, 0.05) is 13.0 Å². The summed E-state index contributed by atoms with van der Waals surface area (Å²) in [6, 6.07) is 6.70. The Balaban J connectivity index is 2.03. The normalized spacial score (nSPS) is 17.6. The summed E-state index contributed by atoms with van der Waals surface area (Å²) in [5, 5.41) is 2.66. The summed E-state index contributed by atoms with van der Waals surface area (Å²) < 4.78 is 5.34. The Morgan fingerprint density at radius 3 is 2.50 bits per heavy atom. The van der Waals surface area contributed by atoms with Crippen molar-refractivity contribution in [3.05, 3.63) is 35.9 Å². The summed E-state index contributed by atoms with van der Waals surface area (Å²) >= 11 is 0. The van der Waals surface area contributed by atoms with Crippen molar-refractivity contribution in [2.24, 2.45) is 17.4 Å². The van der Waals surface area contributed by atoms with E-state index in [9.17, 15) is 19.2 Å². The number of hydrogen-bond acceptors (Lipinski definition) is 6. The van der Waals surface area contributed by atoms with E-state index < -0.39 is 35.9 Å². The van der Waals surface area contributed by atoms with Crippen LogP contribution in [-0.4, -0.2) is 53.3 Å². The highest BCUT2D eigenvalue weighted by Gasteiger charge is 2.37. The number of amides is 3. The molecule has 9 heteroatoms. The molecule has 5 N–H and O–H groups in total. The minimum absolute atomic E-state index is 0.0161. The fourth-order valence-corrected chi connectivity index (χ4v) is 3.76. The van der Waals surface area contributed by atoms with Gasteiger partial charge in [0.25, 0.3) is 0 Å². The monoisotopic (exact) mass is 446 g/mol. The fraction of sp³-hybridized carbons (Fsp3) is 0.565. The van der Waals surface area contributed by atoms with Crippen molar-refractivity contribution in [2.45, 2.75) is 70.7 Å². The molecule has 3 atom stereocenters. The lowest BCUT2D eigenvalue weighted by Crippen LogP contribution is -2.54. The topological polar surface area (TPSA) is 145 Å². The van der Waals surface area contributed by atoms with Crippen LogP contribution in [0.4, 0.5) is 0 Å². The molecule has 0 aliphatic carbocycles. The Kier molecular flexibility index (Phi) is 9.64. The predicted molar refractivity (Wildman–Crippen MR) is 119 cm³/mol. The van der Waals surface area contributed by atoms with E-state index in [4.69, 9.17) is 16.2 Å². The Labute approximate surface area is 188 Å². The van der Waals surface area contributed by atoms with Gasteiger partial charge in [-0.25, -0.2) is 4.79 Å². The molecule has 0 unspecified atom stereocenters. The maximum Gasteiger partial charge on any atom is 0.328 e. The van der Waals surface area contributed by atoms with E-state index in [2.05, 4.69) is 5.32 Å². The first-order valence-corrected chi connectivity index (χ1v) is 11.0. The summed E-state index contributed by atoms with van der Waals surface area (Å²) in [5.41, 5.74) is 12.1. The third kappa shape index (κ3) is 7.64. The van der Waals surface area contributed by atoms with Crippen molar-refractivity contribution >= 4 is 23.7 Å². The standard InChI is InChI=1S/C23H34N4O5/c1-15(2)13-17(24)22(30)27-12-6-9-19(27)21(29)26-18(10-11-20(25)28)23(31)32-14-16-7-4-3-5-8-16/h3-5,7-8,15,17-19H,6,9-14,24H2,1-2H3,(H2,25,28)(H,26,29)/t17-,18-,19-/m0/s1. The zero-order chi connectivity index (χ0) is 23.7. The molecular weight excluding hydrogens is 412 g/mol. The van der Waals surface area contributed by atoms with Crippen molar-refractivity contribution < 1.29 is 23.9 Å². The van der Waals surface area contributed by atoms with E-state index in [-0.39, 0.29) is 31.3 Å². The summed E-state index contributed by atoms with van der Waals surface area (Å²) in [6.45, 7) is 4.44. The number of ether oxygens (including phenoxy) is 1. The minimum Gasteiger partial charge on any atom is -0.459 e. The molecular formula is C23H34N4O5. The third-order valence-electron chi connectivity index (χ3n) is 5.39. The maximum atomic E-state index is 13.0. The number of carbonyl (C=O) groups is 4. The third-order valence-corrected chi connectivity index (χ3v) is 5.39. The zero-order valence-electron chi connectivity index (χ0n) is 18.8. The molecule has 9 nitrogen and oxygen atoms in total. The molecule has 0 saturated carbocycles. The number of primary amides is 1. The van der Waals surface area contributed by atoms with Gasteiger partial charge in [-0.3, -0.25) is 14.4 Å². The van der Waals surface area contributed by atoms with Crippen molar-refractivity contribution in [2.75, 3.05) is 6.54 Å². The minimum atomic E-state index is -1.04. The lowest BCUT2D eigenvalue weighted by Gasteiger charge is -2.28. The molecule has 0 spiro atoms. The van der Waals surface area contributed by atoms with Gasteiger partial charge in [-0.15, -0.1) is 0 Å². The summed E-state index contributed by atoms with van der Waals surface area (Å²) in [4.78, 5) is 51.1. The van der Waals surface area contributed by atoms with Gasteiger partial charge in [-0.05, 0) is 37.2 Å². The first-order valence-electron chi connectivity index (χ1n) is 11.0. The van der Waals surface area contributed by atoms with Crippen LogP contribution >= 0.6 is 0 Å². The molecule has 32 heavy (non-hydrogen) atoms. The van der Waals surface area contributed by atoms with Crippen LogP contribution in [0.5, 0.6) is 0 Å². The van der Waals surface area contributed by atoms with Crippen LogP contribution < -0.4 is 16.8 Å². The number of esters is 1. The van der Waals surface area contributed by atoms with Gasteiger partial charge in [-0.2, -0.15) is 0 Å². The van der Waals surface area contributed by atoms with Crippen LogP contribution in [-0.2, 0) is 30.5 Å². The molecule has 1 fully saturated rings. The molecule has 2 rings (SSSR count). The van der Waals surface area contributed by atoms with Crippen molar-refractivity contribution in [3.8, 4) is 0 Å². The molecule has 1 saturated heterocycles. The summed E-state index contributed by atoms with van der Waals surface area (Å²) in [7, 11) is 0. The Morgan fingerprint density at radius 1 is 1.19 bits per heavy atom. The second-order valence-corrected chi connectivity index (χ2v) is 8.59. The SMILES string of the molecule is CC(C)C[C@H](N)C(=O)N1CCC[C@H]1C(=O)N[C@@H](CCC(N)=O)C(=O)OCc1ccccc1. The van der Waals surface area contributed by atoms with Crippen molar-refractivity contribution in [1.29, 1.82) is 0 Å². The fourth-order valence-electron chi connectivity index (χ4n) is 3.76. The lowest BCUT2D eigenvalue weighted by atomic mass is 10.0. The Bertz CT molecular complexity index is 799. The van der Waals surface area contributed by atoms with E-state index >= 15 is 0 Å². The molecule has 0 bridgehead atoms. The van der Waals surface area contributed by atoms with Crippen LogP contribution in [0.3, 0.4) is 0 Å². The maximum absolute atomic E-state index is 13.0. The van der Waals surface area contributed by atoms with Crippen LogP contribution in [0.1, 0.15) is 51.5 Å². The zero-order valence-corrected chi connectivity index (χ0v) is 18.8. The highest BCUT2D eigenvalue weighted by molar-refractivity contribution is 5.92. The highest BCUT2D eigenvalue weighted by atomic mass is 16.5. The van der Waals surface area contributed by atoms with Crippen LogP contribution in [0.2, 0.25) is 0 Å². The number of nitrogens with zero attached hydrogens (tertiary/aromatic N) is 1. The Morgan fingerprint density at radius 2 is 1.88 bits per heavy atom. The smallest absolute Gasteiger partial charge is 0.328 e. The molecule has 1 aromatic carbocycles. The van der Waals surface area contributed by atoms with E-state index in [0.29, 0.717) is 25.8 Å². The molecule has 3 amide bonds. The molecule has 1 aliphatic rings. The number of rotatable bonds is 11. The summed E-state index contributed by atoms with van der Waals surface area (Å²) in [6.07, 6.45) is 1.60. The number of nitrogens with one attached hydrogen (secondary N) is 1. The van der Waals surface area contributed by atoms with Crippen LogP contribution in [0.25, 0.3) is 0 Å². The highest BCUT2D eigenvalue weighted by Crippen LogP contribution is 2.20. The number of nitrogens with two attached hydrogens (primary N) is 2. The number of carbonyl (C=O) groups excluding carboxylic acids is 4. The largest absolute Gasteiger partial charge is 0.459 e. The number of hydrogen-bond donors (Lipinski definition) is 3. The number of likely N-dealkylation sites (tertiary alicyclic amines) is 1. The lowest BCUT2D eigenvalue weighted by molar-refractivity contribution is -0.150. The second-order valence-electron chi connectivity index (χ2n) is 8.59. The van der Waals surface area contributed by atoms with Gasteiger partial charge in [0.15, 0.2) is 0 Å². The second kappa shape index (κ2) is 12.2. The van der Waals surface area contributed by atoms with E-state index in [1.165, 1.54) is 4.90 Å². The quantitative estimate of drug-likeness (QED) is 0.430. The molecule has 1 aromatic rings. The molecule has 1 heterocycles. The average molecular weight is 447 g/mol. The van der Waals surface area contributed by atoms with Crippen LogP contribution in [0, 0.1) is 5.92 Å².